The first kappa shape index (κ1) is 15.9. The van der Waals surface area contributed by atoms with Crippen molar-refractivity contribution in [1.29, 1.82) is 0 Å². The van der Waals surface area contributed by atoms with E-state index < -0.39 is 0 Å². The molecule has 1 aliphatic heterocycles. The zero-order valence-corrected chi connectivity index (χ0v) is 14.6. The SMILES string of the molecule is Cn1ccnc1N1CCN(C(=O)COc2ccc(Br)cc2)CC1. The molecule has 0 radical (unpaired) electrons. The lowest BCUT2D eigenvalue weighted by Crippen LogP contribution is -2.50. The maximum Gasteiger partial charge on any atom is 0.260 e. The van der Waals surface area contributed by atoms with Gasteiger partial charge in [0.1, 0.15) is 5.75 Å². The minimum Gasteiger partial charge on any atom is -0.484 e. The van der Waals surface area contributed by atoms with Crippen molar-refractivity contribution in [3.8, 4) is 5.75 Å². The third kappa shape index (κ3) is 3.85. The summed E-state index contributed by atoms with van der Waals surface area (Å²) in [6.45, 7) is 3.03. The minimum atomic E-state index is 0.0207. The summed E-state index contributed by atoms with van der Waals surface area (Å²) in [7, 11) is 1.98. The Balaban J connectivity index is 1.48. The Morgan fingerprint density at radius 2 is 1.91 bits per heavy atom. The highest BCUT2D eigenvalue weighted by molar-refractivity contribution is 9.10. The number of amides is 1. The van der Waals surface area contributed by atoms with Gasteiger partial charge in [-0.2, -0.15) is 0 Å². The van der Waals surface area contributed by atoms with Crippen LogP contribution in [0.4, 0.5) is 5.95 Å². The Bertz CT molecular complexity index is 663. The zero-order chi connectivity index (χ0) is 16.2. The smallest absolute Gasteiger partial charge is 0.260 e. The van der Waals surface area contributed by atoms with Gasteiger partial charge in [0.05, 0.1) is 0 Å². The first-order valence-electron chi connectivity index (χ1n) is 7.52. The van der Waals surface area contributed by atoms with Crippen LogP contribution >= 0.6 is 15.9 Å². The number of hydrogen-bond acceptors (Lipinski definition) is 4. The van der Waals surface area contributed by atoms with E-state index in [0.29, 0.717) is 18.8 Å². The highest BCUT2D eigenvalue weighted by atomic mass is 79.9. The number of rotatable bonds is 4. The van der Waals surface area contributed by atoms with Crippen molar-refractivity contribution in [2.75, 3.05) is 37.7 Å². The number of aromatic nitrogens is 2. The standard InChI is InChI=1S/C16H19BrN4O2/c1-19-7-6-18-16(19)21-10-8-20(9-11-21)15(22)12-23-14-4-2-13(17)3-5-14/h2-7H,8-12H2,1H3. The summed E-state index contributed by atoms with van der Waals surface area (Å²) in [6, 6.07) is 7.48. The second-order valence-corrected chi connectivity index (χ2v) is 6.36. The highest BCUT2D eigenvalue weighted by Crippen LogP contribution is 2.17. The molecule has 2 aromatic rings. The molecule has 3 rings (SSSR count). The summed E-state index contributed by atoms with van der Waals surface area (Å²) >= 11 is 3.37. The molecular weight excluding hydrogens is 360 g/mol. The highest BCUT2D eigenvalue weighted by Gasteiger charge is 2.23. The molecule has 0 bridgehead atoms. The van der Waals surface area contributed by atoms with Crippen molar-refractivity contribution in [2.24, 2.45) is 7.05 Å². The monoisotopic (exact) mass is 378 g/mol. The number of anilines is 1. The van der Waals surface area contributed by atoms with Gasteiger partial charge < -0.3 is 19.1 Å². The summed E-state index contributed by atoms with van der Waals surface area (Å²) in [5, 5.41) is 0. The number of piperazine rings is 1. The van der Waals surface area contributed by atoms with Crippen LogP contribution in [0.15, 0.2) is 41.1 Å². The number of benzene rings is 1. The van der Waals surface area contributed by atoms with Crippen LogP contribution in [0, 0.1) is 0 Å². The number of carbonyl (C=O) groups excluding carboxylic acids is 1. The fourth-order valence-corrected chi connectivity index (χ4v) is 2.85. The number of ether oxygens (including phenoxy) is 1. The molecule has 1 fully saturated rings. The van der Waals surface area contributed by atoms with E-state index in [0.717, 1.165) is 23.5 Å². The summed E-state index contributed by atoms with van der Waals surface area (Å²) in [5.41, 5.74) is 0. The van der Waals surface area contributed by atoms with E-state index >= 15 is 0 Å². The van der Waals surface area contributed by atoms with Crippen LogP contribution in [-0.2, 0) is 11.8 Å². The summed E-state index contributed by atoms with van der Waals surface area (Å²) in [4.78, 5) is 20.6. The van der Waals surface area contributed by atoms with Crippen molar-refractivity contribution in [2.45, 2.75) is 0 Å². The third-order valence-corrected chi connectivity index (χ3v) is 4.42. The summed E-state index contributed by atoms with van der Waals surface area (Å²) in [6.07, 6.45) is 3.72. The molecule has 1 aromatic heterocycles. The van der Waals surface area contributed by atoms with Crippen LogP contribution in [-0.4, -0.2) is 53.1 Å². The molecule has 23 heavy (non-hydrogen) atoms. The molecular formula is C16H19BrN4O2. The molecule has 1 aromatic carbocycles. The van der Waals surface area contributed by atoms with E-state index in [1.165, 1.54) is 0 Å². The maximum absolute atomic E-state index is 12.3. The maximum atomic E-state index is 12.3. The quantitative estimate of drug-likeness (QED) is 0.815. The lowest BCUT2D eigenvalue weighted by Gasteiger charge is -2.35. The normalized spacial score (nSPS) is 14.9. The average molecular weight is 379 g/mol. The van der Waals surface area contributed by atoms with E-state index in [1.807, 2.05) is 47.0 Å². The number of imidazole rings is 1. The average Bonchev–Trinajstić information content (AvgIpc) is 3.00. The molecule has 0 N–H and O–H groups in total. The van der Waals surface area contributed by atoms with E-state index in [-0.39, 0.29) is 12.5 Å². The van der Waals surface area contributed by atoms with Gasteiger partial charge in [-0.1, -0.05) is 15.9 Å². The molecule has 7 heteroatoms. The van der Waals surface area contributed by atoms with Gasteiger partial charge in [0.15, 0.2) is 6.61 Å². The molecule has 1 aliphatic rings. The van der Waals surface area contributed by atoms with E-state index in [1.54, 1.807) is 6.20 Å². The van der Waals surface area contributed by atoms with Gasteiger partial charge in [-0.05, 0) is 24.3 Å². The van der Waals surface area contributed by atoms with Gasteiger partial charge in [0, 0.05) is 50.1 Å². The fraction of sp³-hybridized carbons (Fsp3) is 0.375. The molecule has 0 saturated carbocycles. The molecule has 2 heterocycles. The third-order valence-electron chi connectivity index (χ3n) is 3.89. The lowest BCUT2D eigenvalue weighted by atomic mass is 10.3. The zero-order valence-electron chi connectivity index (χ0n) is 13.0. The molecule has 0 unspecified atom stereocenters. The minimum absolute atomic E-state index is 0.0207. The molecule has 1 saturated heterocycles. The molecule has 0 atom stereocenters. The largest absolute Gasteiger partial charge is 0.484 e. The lowest BCUT2D eigenvalue weighted by molar-refractivity contribution is -0.133. The van der Waals surface area contributed by atoms with Crippen LogP contribution in [0.3, 0.4) is 0 Å². The van der Waals surface area contributed by atoms with Gasteiger partial charge in [0.25, 0.3) is 5.91 Å². The molecule has 6 nitrogen and oxygen atoms in total. The number of nitrogens with zero attached hydrogens (tertiary/aromatic N) is 4. The van der Waals surface area contributed by atoms with Gasteiger partial charge in [-0.3, -0.25) is 4.79 Å². The number of carbonyl (C=O) groups is 1. The van der Waals surface area contributed by atoms with Crippen molar-refractivity contribution < 1.29 is 9.53 Å². The molecule has 122 valence electrons. The molecule has 0 spiro atoms. The number of hydrogen-bond donors (Lipinski definition) is 0. The van der Waals surface area contributed by atoms with Gasteiger partial charge in [0.2, 0.25) is 5.95 Å². The Morgan fingerprint density at radius 1 is 1.22 bits per heavy atom. The van der Waals surface area contributed by atoms with E-state index in [9.17, 15) is 4.79 Å². The topological polar surface area (TPSA) is 50.6 Å². The van der Waals surface area contributed by atoms with Crippen molar-refractivity contribution in [3.05, 3.63) is 41.1 Å². The van der Waals surface area contributed by atoms with Crippen molar-refractivity contribution >= 4 is 27.8 Å². The second kappa shape index (κ2) is 7.04. The molecule has 1 amide bonds. The first-order chi connectivity index (χ1) is 11.1. The van der Waals surface area contributed by atoms with Gasteiger partial charge >= 0.3 is 0 Å². The van der Waals surface area contributed by atoms with Gasteiger partial charge in [-0.25, -0.2) is 4.98 Å². The Kier molecular flexibility index (Phi) is 4.85. The Labute approximate surface area is 143 Å². The Morgan fingerprint density at radius 3 is 2.52 bits per heavy atom. The number of aryl methyl sites for hydroxylation is 1. The van der Waals surface area contributed by atoms with Crippen LogP contribution in [0.25, 0.3) is 0 Å². The van der Waals surface area contributed by atoms with E-state index in [4.69, 9.17) is 4.74 Å². The van der Waals surface area contributed by atoms with Crippen LogP contribution in [0.1, 0.15) is 0 Å². The summed E-state index contributed by atoms with van der Waals surface area (Å²) < 4.78 is 8.53. The van der Waals surface area contributed by atoms with Gasteiger partial charge in [-0.15, -0.1) is 0 Å². The summed E-state index contributed by atoms with van der Waals surface area (Å²) in [5.74, 6) is 1.67. The predicted octanol–water partition coefficient (Wildman–Crippen LogP) is 1.91. The van der Waals surface area contributed by atoms with Crippen LogP contribution in [0.2, 0.25) is 0 Å². The Hall–Kier alpha value is -2.02. The van der Waals surface area contributed by atoms with E-state index in [2.05, 4.69) is 25.8 Å². The van der Waals surface area contributed by atoms with Crippen molar-refractivity contribution in [1.82, 2.24) is 14.5 Å². The fourth-order valence-electron chi connectivity index (χ4n) is 2.59. The second-order valence-electron chi connectivity index (χ2n) is 5.45. The van der Waals surface area contributed by atoms with Crippen LogP contribution in [0.5, 0.6) is 5.75 Å². The van der Waals surface area contributed by atoms with Crippen LogP contribution < -0.4 is 9.64 Å². The number of halogens is 1. The van der Waals surface area contributed by atoms with Crippen molar-refractivity contribution in [3.63, 3.8) is 0 Å². The first-order valence-corrected chi connectivity index (χ1v) is 8.31. The molecule has 0 aliphatic carbocycles. The predicted molar refractivity (Wildman–Crippen MR) is 91.6 cm³/mol.